The topological polar surface area (TPSA) is 95.7 Å². The fourth-order valence-electron chi connectivity index (χ4n) is 1.92. The Morgan fingerprint density at radius 3 is 2.36 bits per heavy atom. The van der Waals surface area contributed by atoms with E-state index in [0.717, 1.165) is 6.07 Å². The van der Waals surface area contributed by atoms with Crippen LogP contribution in [0.5, 0.6) is 5.75 Å². The number of nitro benzene ring substituents is 1. The van der Waals surface area contributed by atoms with Gasteiger partial charge in [-0.2, -0.15) is 0 Å². The van der Waals surface area contributed by atoms with E-state index in [2.05, 4.69) is 0 Å². The van der Waals surface area contributed by atoms with Crippen LogP contribution in [0.4, 0.5) is 5.69 Å². The van der Waals surface area contributed by atoms with E-state index in [0.29, 0.717) is 5.75 Å². The minimum atomic E-state index is -0.882. The van der Waals surface area contributed by atoms with Crippen molar-refractivity contribution in [1.82, 2.24) is 0 Å². The number of ether oxygens (including phenoxy) is 2. The number of hydrogen-bond acceptors (Lipinski definition) is 6. The van der Waals surface area contributed by atoms with E-state index >= 15 is 0 Å². The molecule has 2 aromatic carbocycles. The molecule has 0 heterocycles. The number of Topliss-reactive ketones (excluding diaryl/α,β-unsaturated/α-hetero) is 1. The van der Waals surface area contributed by atoms with Crippen molar-refractivity contribution in [2.24, 2.45) is 0 Å². The quantitative estimate of drug-likeness (QED) is 0.324. The number of ketones is 1. The van der Waals surface area contributed by atoms with Crippen molar-refractivity contribution in [1.29, 1.82) is 0 Å². The van der Waals surface area contributed by atoms with Crippen LogP contribution in [0, 0.1) is 10.1 Å². The van der Waals surface area contributed by atoms with Crippen LogP contribution in [0.15, 0.2) is 36.4 Å². The van der Waals surface area contributed by atoms with Crippen LogP contribution >= 0.6 is 23.2 Å². The Balaban J connectivity index is 2.07. The summed E-state index contributed by atoms with van der Waals surface area (Å²) in [6.45, 7) is -0.544. The number of halogens is 2. The number of nitro groups is 1. The Bertz CT molecular complexity index is 853. The second-order valence-electron chi connectivity index (χ2n) is 4.77. The van der Waals surface area contributed by atoms with Gasteiger partial charge in [-0.15, -0.1) is 0 Å². The van der Waals surface area contributed by atoms with Gasteiger partial charge >= 0.3 is 5.97 Å². The molecule has 0 bridgehead atoms. The number of rotatable bonds is 6. The zero-order chi connectivity index (χ0) is 18.6. The summed E-state index contributed by atoms with van der Waals surface area (Å²) >= 11 is 11.6. The number of esters is 1. The summed E-state index contributed by atoms with van der Waals surface area (Å²) in [6.07, 6.45) is 0. The summed E-state index contributed by atoms with van der Waals surface area (Å²) in [7, 11) is 1.44. The molecule has 130 valence electrons. The summed E-state index contributed by atoms with van der Waals surface area (Å²) in [5.41, 5.74) is -0.276. The van der Waals surface area contributed by atoms with Crippen LogP contribution in [-0.2, 0) is 4.74 Å². The molecule has 0 unspecified atom stereocenters. The van der Waals surface area contributed by atoms with Crippen LogP contribution in [-0.4, -0.2) is 30.4 Å². The van der Waals surface area contributed by atoms with E-state index in [4.69, 9.17) is 32.7 Å². The highest BCUT2D eigenvalue weighted by atomic mass is 35.5. The molecule has 0 amide bonds. The molecule has 0 aliphatic carbocycles. The lowest BCUT2D eigenvalue weighted by molar-refractivity contribution is -0.384. The average Bonchev–Trinajstić information content (AvgIpc) is 2.59. The lowest BCUT2D eigenvalue weighted by Crippen LogP contribution is -2.14. The summed E-state index contributed by atoms with van der Waals surface area (Å²) in [5, 5.41) is 11.0. The maximum atomic E-state index is 12.1. The first kappa shape index (κ1) is 18.7. The predicted octanol–water partition coefficient (Wildman–Crippen LogP) is 3.95. The number of carbonyl (C=O) groups excluding carboxylic acids is 2. The molecule has 0 aliphatic rings. The summed E-state index contributed by atoms with van der Waals surface area (Å²) in [4.78, 5) is 34.1. The van der Waals surface area contributed by atoms with E-state index < -0.39 is 29.0 Å². The molecule has 0 radical (unpaired) electrons. The molecule has 0 atom stereocenters. The van der Waals surface area contributed by atoms with Gasteiger partial charge in [-0.25, -0.2) is 4.79 Å². The van der Waals surface area contributed by atoms with Crippen molar-refractivity contribution in [2.45, 2.75) is 0 Å². The molecule has 0 aliphatic heterocycles. The molecule has 0 saturated carbocycles. The maximum absolute atomic E-state index is 12.1. The van der Waals surface area contributed by atoms with E-state index in [1.165, 1.54) is 37.4 Å². The number of carbonyl (C=O) groups is 2. The van der Waals surface area contributed by atoms with Crippen molar-refractivity contribution >= 4 is 40.6 Å². The molecule has 2 rings (SSSR count). The number of methoxy groups -OCH3 is 1. The van der Waals surface area contributed by atoms with E-state index in [1.54, 1.807) is 0 Å². The Labute approximate surface area is 152 Å². The van der Waals surface area contributed by atoms with Crippen molar-refractivity contribution in [3.63, 3.8) is 0 Å². The van der Waals surface area contributed by atoms with Crippen LogP contribution in [0.2, 0.25) is 10.0 Å². The molecule has 0 fully saturated rings. The molecule has 2 aromatic rings. The zero-order valence-corrected chi connectivity index (χ0v) is 14.3. The fraction of sp³-hybridized carbons (Fsp3) is 0.125. The van der Waals surface area contributed by atoms with Gasteiger partial charge in [0, 0.05) is 11.6 Å². The molecule has 0 aromatic heterocycles. The Kier molecular flexibility index (Phi) is 5.95. The highest BCUT2D eigenvalue weighted by molar-refractivity contribution is 6.33. The van der Waals surface area contributed by atoms with Crippen molar-refractivity contribution in [3.8, 4) is 5.75 Å². The van der Waals surface area contributed by atoms with Gasteiger partial charge < -0.3 is 9.47 Å². The predicted molar refractivity (Wildman–Crippen MR) is 90.7 cm³/mol. The first-order valence-electron chi connectivity index (χ1n) is 6.81. The van der Waals surface area contributed by atoms with E-state index in [1.807, 2.05) is 0 Å². The van der Waals surface area contributed by atoms with Gasteiger partial charge in [-0.05, 0) is 30.3 Å². The van der Waals surface area contributed by atoms with Gasteiger partial charge in [0.05, 0.1) is 22.6 Å². The van der Waals surface area contributed by atoms with Crippen LogP contribution in [0.1, 0.15) is 20.7 Å². The smallest absolute Gasteiger partial charge is 0.338 e. The Hall–Kier alpha value is -2.64. The summed E-state index contributed by atoms with van der Waals surface area (Å²) in [6, 6.07) is 7.85. The highest BCUT2D eigenvalue weighted by Crippen LogP contribution is 2.26. The largest absolute Gasteiger partial charge is 0.495 e. The van der Waals surface area contributed by atoms with Gasteiger partial charge in [0.25, 0.3) is 5.69 Å². The van der Waals surface area contributed by atoms with Gasteiger partial charge in [0.1, 0.15) is 10.8 Å². The molecular weight excluding hydrogens is 373 g/mol. The first-order valence-corrected chi connectivity index (χ1v) is 7.57. The van der Waals surface area contributed by atoms with Crippen molar-refractivity contribution < 1.29 is 24.0 Å². The number of benzene rings is 2. The first-order chi connectivity index (χ1) is 11.8. The maximum Gasteiger partial charge on any atom is 0.338 e. The minimum absolute atomic E-state index is 0.0864. The van der Waals surface area contributed by atoms with Crippen molar-refractivity contribution in [3.05, 3.63) is 67.7 Å². The minimum Gasteiger partial charge on any atom is -0.495 e. The third-order valence-corrected chi connectivity index (χ3v) is 3.80. The van der Waals surface area contributed by atoms with Gasteiger partial charge in [-0.3, -0.25) is 14.9 Å². The average molecular weight is 384 g/mol. The monoisotopic (exact) mass is 383 g/mol. The lowest BCUT2D eigenvalue weighted by atomic mass is 10.1. The van der Waals surface area contributed by atoms with Gasteiger partial charge in [0.15, 0.2) is 12.4 Å². The van der Waals surface area contributed by atoms with Gasteiger partial charge in [0.2, 0.25) is 0 Å². The third kappa shape index (κ3) is 4.46. The Morgan fingerprint density at radius 2 is 1.76 bits per heavy atom. The number of hydrogen-bond donors (Lipinski definition) is 0. The lowest BCUT2D eigenvalue weighted by Gasteiger charge is -2.07. The second kappa shape index (κ2) is 7.96. The van der Waals surface area contributed by atoms with Crippen LogP contribution < -0.4 is 4.74 Å². The van der Waals surface area contributed by atoms with E-state index in [-0.39, 0.29) is 21.2 Å². The molecule has 9 heteroatoms. The van der Waals surface area contributed by atoms with Gasteiger partial charge in [-0.1, -0.05) is 23.2 Å². The molecule has 0 saturated heterocycles. The normalized spacial score (nSPS) is 10.2. The second-order valence-corrected chi connectivity index (χ2v) is 5.59. The molecular formula is C16H11Cl2NO6. The SMILES string of the molecule is COc1ccc(C(=O)COC(=O)c2ccc(Cl)c([N+](=O)[O-])c2)cc1Cl. The van der Waals surface area contributed by atoms with Crippen molar-refractivity contribution in [2.75, 3.05) is 13.7 Å². The molecule has 0 spiro atoms. The Morgan fingerprint density at radius 1 is 1.08 bits per heavy atom. The number of nitrogens with zero attached hydrogens (tertiary/aromatic N) is 1. The molecule has 0 N–H and O–H groups in total. The highest BCUT2D eigenvalue weighted by Gasteiger charge is 2.18. The van der Waals surface area contributed by atoms with Crippen LogP contribution in [0.3, 0.4) is 0 Å². The fourth-order valence-corrected chi connectivity index (χ4v) is 2.36. The summed E-state index contributed by atoms with van der Waals surface area (Å²) in [5.74, 6) is -0.960. The van der Waals surface area contributed by atoms with Crippen LogP contribution in [0.25, 0.3) is 0 Å². The molecule has 7 nitrogen and oxygen atoms in total. The standard InChI is InChI=1S/C16H11Cl2NO6/c1-24-15-5-3-9(6-12(15)18)14(20)8-25-16(21)10-2-4-11(17)13(7-10)19(22)23/h2-7H,8H2,1H3. The zero-order valence-electron chi connectivity index (χ0n) is 12.8. The van der Waals surface area contributed by atoms with E-state index in [9.17, 15) is 19.7 Å². The molecule has 25 heavy (non-hydrogen) atoms. The third-order valence-electron chi connectivity index (χ3n) is 3.19. The summed E-state index contributed by atoms with van der Waals surface area (Å²) < 4.78 is 9.87.